The van der Waals surface area contributed by atoms with E-state index in [-0.39, 0.29) is 23.9 Å². The smallest absolute Gasteiger partial charge is 0.291 e. The fraction of sp³-hybridized carbons (Fsp3) is 0.524. The van der Waals surface area contributed by atoms with E-state index >= 15 is 0 Å². The number of azo groups is 1. The van der Waals surface area contributed by atoms with Gasteiger partial charge in [0.15, 0.2) is 0 Å². The van der Waals surface area contributed by atoms with Crippen LogP contribution in [0.4, 0.5) is 0 Å². The summed E-state index contributed by atoms with van der Waals surface area (Å²) in [6, 6.07) is 7.87. The molecule has 0 aromatic heterocycles. The number of hydrogen-bond donors (Lipinski definition) is 2. The third-order valence-electron chi connectivity index (χ3n) is 5.71. The first-order valence-electron chi connectivity index (χ1n) is 9.98. The number of piperidine rings is 1. The van der Waals surface area contributed by atoms with Crippen LogP contribution in [0.1, 0.15) is 54.4 Å². The van der Waals surface area contributed by atoms with Crippen molar-refractivity contribution in [3.05, 3.63) is 46.5 Å². The van der Waals surface area contributed by atoms with E-state index in [2.05, 4.69) is 20.9 Å². The highest BCUT2D eigenvalue weighted by molar-refractivity contribution is 5.96. The van der Waals surface area contributed by atoms with Crippen LogP contribution < -0.4 is 10.6 Å². The number of rotatable bonds is 4. The zero-order valence-corrected chi connectivity index (χ0v) is 15.5. The van der Waals surface area contributed by atoms with Crippen molar-refractivity contribution in [2.24, 2.45) is 10.2 Å². The second-order valence-corrected chi connectivity index (χ2v) is 7.67. The van der Waals surface area contributed by atoms with Gasteiger partial charge < -0.3 is 10.6 Å². The Bertz CT molecular complexity index is 793. The van der Waals surface area contributed by atoms with Crippen molar-refractivity contribution < 1.29 is 9.59 Å². The van der Waals surface area contributed by atoms with Crippen LogP contribution in [0.2, 0.25) is 0 Å². The lowest BCUT2D eigenvalue weighted by atomic mass is 9.84. The summed E-state index contributed by atoms with van der Waals surface area (Å²) in [5, 5.41) is 14.6. The summed E-state index contributed by atoms with van der Waals surface area (Å²) >= 11 is 0. The van der Waals surface area contributed by atoms with Gasteiger partial charge in [-0.2, -0.15) is 5.11 Å². The standard InChI is InChI=1S/C21H26N4O2/c26-20(23-16-7-4-10-22-13-16)15-6-3-5-14(11-15)12-19-17-8-1-2-9-18(17)21(27)25-24-19/h3,5-6,11,16,19,22H,1-2,4,7-10,12-13H2,(H,23,26). The molecule has 0 radical (unpaired) electrons. The minimum atomic E-state index is -0.157. The van der Waals surface area contributed by atoms with E-state index in [1.807, 2.05) is 24.3 Å². The van der Waals surface area contributed by atoms with Gasteiger partial charge in [0.2, 0.25) is 0 Å². The van der Waals surface area contributed by atoms with Crippen LogP contribution in [0, 0.1) is 0 Å². The van der Waals surface area contributed by atoms with E-state index in [0.29, 0.717) is 12.0 Å². The van der Waals surface area contributed by atoms with Crippen molar-refractivity contribution in [2.75, 3.05) is 13.1 Å². The Kier molecular flexibility index (Phi) is 5.43. The fourth-order valence-corrected chi connectivity index (χ4v) is 4.26. The first kappa shape index (κ1) is 18.0. The molecule has 6 nitrogen and oxygen atoms in total. The Morgan fingerprint density at radius 1 is 1.22 bits per heavy atom. The number of hydrogen-bond acceptors (Lipinski definition) is 4. The summed E-state index contributed by atoms with van der Waals surface area (Å²) in [5.74, 6) is -0.182. The molecule has 2 amide bonds. The maximum Gasteiger partial charge on any atom is 0.291 e. The normalized spacial score (nSPS) is 25.3. The van der Waals surface area contributed by atoms with Crippen LogP contribution in [0.15, 0.2) is 45.6 Å². The molecule has 1 aromatic rings. The molecular formula is C21H26N4O2. The van der Waals surface area contributed by atoms with E-state index in [4.69, 9.17) is 0 Å². The maximum absolute atomic E-state index is 12.6. The molecule has 1 aromatic carbocycles. The van der Waals surface area contributed by atoms with Crippen LogP contribution in [0.25, 0.3) is 0 Å². The number of nitrogens with zero attached hydrogens (tertiary/aromatic N) is 2. The molecule has 0 saturated carbocycles. The molecule has 2 N–H and O–H groups in total. The van der Waals surface area contributed by atoms with Crippen LogP contribution in [0.3, 0.4) is 0 Å². The molecule has 142 valence electrons. The molecular weight excluding hydrogens is 340 g/mol. The van der Waals surface area contributed by atoms with E-state index < -0.39 is 0 Å². The minimum Gasteiger partial charge on any atom is -0.348 e. The Balaban J connectivity index is 1.46. The third kappa shape index (κ3) is 4.16. The molecule has 2 unspecified atom stereocenters. The van der Waals surface area contributed by atoms with Crippen molar-refractivity contribution in [1.82, 2.24) is 10.6 Å². The van der Waals surface area contributed by atoms with Crippen LogP contribution in [-0.4, -0.2) is 37.0 Å². The molecule has 2 atom stereocenters. The second-order valence-electron chi connectivity index (χ2n) is 7.67. The molecule has 3 aliphatic rings. The second kappa shape index (κ2) is 8.13. The van der Waals surface area contributed by atoms with E-state index in [0.717, 1.165) is 68.3 Å². The molecule has 27 heavy (non-hydrogen) atoms. The van der Waals surface area contributed by atoms with Crippen LogP contribution in [0.5, 0.6) is 0 Å². The van der Waals surface area contributed by atoms with Crippen LogP contribution in [-0.2, 0) is 11.2 Å². The SMILES string of the molecule is O=C1N=NC(Cc2cccc(C(=O)NC3CCCNC3)c2)C2=C1CCCC2. The molecule has 4 rings (SSSR count). The first-order valence-corrected chi connectivity index (χ1v) is 9.98. The number of benzene rings is 1. The molecule has 1 aliphatic carbocycles. The molecule has 0 spiro atoms. The van der Waals surface area contributed by atoms with Gasteiger partial charge in [-0.1, -0.05) is 12.1 Å². The number of amides is 2. The summed E-state index contributed by atoms with van der Waals surface area (Å²) in [7, 11) is 0. The van der Waals surface area contributed by atoms with Gasteiger partial charge in [0.05, 0.1) is 6.04 Å². The van der Waals surface area contributed by atoms with Gasteiger partial charge in [0, 0.05) is 30.1 Å². The number of carbonyl (C=O) groups excluding carboxylic acids is 2. The zero-order chi connectivity index (χ0) is 18.6. The predicted molar refractivity (Wildman–Crippen MR) is 103 cm³/mol. The molecule has 2 aliphatic heterocycles. The van der Waals surface area contributed by atoms with Crippen LogP contribution >= 0.6 is 0 Å². The predicted octanol–water partition coefficient (Wildman–Crippen LogP) is 2.94. The Morgan fingerprint density at radius 2 is 2.11 bits per heavy atom. The van der Waals surface area contributed by atoms with Crippen molar-refractivity contribution >= 4 is 11.8 Å². The van der Waals surface area contributed by atoms with Crippen molar-refractivity contribution in [3.63, 3.8) is 0 Å². The van der Waals surface area contributed by atoms with Gasteiger partial charge in [-0.3, -0.25) is 9.59 Å². The highest BCUT2D eigenvalue weighted by Gasteiger charge is 2.29. The quantitative estimate of drug-likeness (QED) is 0.859. The number of nitrogens with one attached hydrogen (secondary N) is 2. The van der Waals surface area contributed by atoms with Crippen molar-refractivity contribution in [3.8, 4) is 0 Å². The summed E-state index contributed by atoms with van der Waals surface area (Å²) < 4.78 is 0. The van der Waals surface area contributed by atoms with Crippen molar-refractivity contribution in [1.29, 1.82) is 0 Å². The van der Waals surface area contributed by atoms with Gasteiger partial charge >= 0.3 is 0 Å². The molecule has 2 heterocycles. The summed E-state index contributed by atoms with van der Waals surface area (Å²) in [4.78, 5) is 24.6. The average molecular weight is 366 g/mol. The topological polar surface area (TPSA) is 82.9 Å². The molecule has 6 heteroatoms. The fourth-order valence-electron chi connectivity index (χ4n) is 4.26. The van der Waals surface area contributed by atoms with Gasteiger partial charge in [-0.05, 0) is 68.3 Å². The van der Waals surface area contributed by atoms with E-state index in [9.17, 15) is 9.59 Å². The molecule has 1 saturated heterocycles. The number of carbonyl (C=O) groups is 2. The summed E-state index contributed by atoms with van der Waals surface area (Å²) in [6.45, 7) is 1.86. The van der Waals surface area contributed by atoms with Gasteiger partial charge in [0.25, 0.3) is 11.8 Å². The lowest BCUT2D eigenvalue weighted by Gasteiger charge is -2.26. The monoisotopic (exact) mass is 366 g/mol. The first-order chi connectivity index (χ1) is 13.2. The zero-order valence-electron chi connectivity index (χ0n) is 15.5. The highest BCUT2D eigenvalue weighted by atomic mass is 16.2. The van der Waals surface area contributed by atoms with Crippen molar-refractivity contribution in [2.45, 2.75) is 57.0 Å². The van der Waals surface area contributed by atoms with E-state index in [1.165, 1.54) is 0 Å². The lowest BCUT2D eigenvalue weighted by molar-refractivity contribution is -0.115. The van der Waals surface area contributed by atoms with Gasteiger partial charge in [0.1, 0.15) is 0 Å². The summed E-state index contributed by atoms with van der Waals surface area (Å²) in [6.07, 6.45) is 6.71. The maximum atomic E-state index is 12.6. The van der Waals surface area contributed by atoms with E-state index in [1.54, 1.807) is 0 Å². The Labute approximate surface area is 159 Å². The lowest BCUT2D eigenvalue weighted by Crippen LogP contribution is -2.45. The molecule has 1 fully saturated rings. The highest BCUT2D eigenvalue weighted by Crippen LogP contribution is 2.33. The Hall–Kier alpha value is -2.34. The van der Waals surface area contributed by atoms with Gasteiger partial charge in [-0.25, -0.2) is 0 Å². The molecule has 0 bridgehead atoms. The average Bonchev–Trinajstić information content (AvgIpc) is 2.71. The minimum absolute atomic E-state index is 0.0245. The third-order valence-corrected chi connectivity index (χ3v) is 5.71. The Morgan fingerprint density at radius 3 is 2.96 bits per heavy atom. The van der Waals surface area contributed by atoms with Gasteiger partial charge in [-0.15, -0.1) is 5.11 Å². The summed E-state index contributed by atoms with van der Waals surface area (Å²) in [5.41, 5.74) is 3.77. The largest absolute Gasteiger partial charge is 0.348 e.